The van der Waals surface area contributed by atoms with Gasteiger partial charge in [0.25, 0.3) is 0 Å². The highest BCUT2D eigenvalue weighted by atomic mass is 16.6. The lowest BCUT2D eigenvalue weighted by Crippen LogP contribution is -2.14. The number of hydrogen-bond acceptors (Lipinski definition) is 6. The maximum absolute atomic E-state index is 11.7. The van der Waals surface area contributed by atoms with Crippen LogP contribution in [0.3, 0.4) is 0 Å². The highest BCUT2D eigenvalue weighted by Gasteiger charge is 2.12. The molecule has 2 aromatic heterocycles. The number of anilines is 1. The summed E-state index contributed by atoms with van der Waals surface area (Å²) in [7, 11) is 1.54. The fourth-order valence-corrected chi connectivity index (χ4v) is 1.64. The van der Waals surface area contributed by atoms with Crippen LogP contribution in [0, 0.1) is 10.1 Å². The number of rotatable bonds is 7. The summed E-state index contributed by atoms with van der Waals surface area (Å²) in [4.78, 5) is 21.6. The molecule has 0 unspecified atom stereocenters. The standard InChI is InChI=1S/C11H14N6O4/c1-21-8-16-7-9(6-12-16)13-11(18)3-5-15-4-2-10(14-15)17(19)20/h2,4,6-7H,3,5,8H2,1H3,(H,13,18). The van der Waals surface area contributed by atoms with E-state index in [9.17, 15) is 14.9 Å². The Hall–Kier alpha value is -2.75. The number of methoxy groups -OCH3 is 1. The molecule has 0 aliphatic rings. The summed E-state index contributed by atoms with van der Waals surface area (Å²) in [5.41, 5.74) is 0.559. The molecule has 2 heterocycles. The molecule has 0 bridgehead atoms. The molecule has 0 radical (unpaired) electrons. The van der Waals surface area contributed by atoms with Crippen LogP contribution < -0.4 is 5.32 Å². The van der Waals surface area contributed by atoms with Gasteiger partial charge in [-0.3, -0.25) is 4.79 Å². The van der Waals surface area contributed by atoms with Crippen molar-refractivity contribution in [3.05, 3.63) is 34.8 Å². The van der Waals surface area contributed by atoms with E-state index in [4.69, 9.17) is 4.74 Å². The van der Waals surface area contributed by atoms with Crippen molar-refractivity contribution >= 4 is 17.4 Å². The summed E-state index contributed by atoms with van der Waals surface area (Å²) in [5.74, 6) is -0.471. The second-order valence-electron chi connectivity index (χ2n) is 4.18. The summed E-state index contributed by atoms with van der Waals surface area (Å²) >= 11 is 0. The van der Waals surface area contributed by atoms with Crippen molar-refractivity contribution in [2.75, 3.05) is 12.4 Å². The SMILES string of the molecule is COCn1cc(NC(=O)CCn2ccc([N+](=O)[O-])n2)cn1. The van der Waals surface area contributed by atoms with Gasteiger partial charge in [-0.25, -0.2) is 4.68 Å². The Bertz CT molecular complexity index is 634. The van der Waals surface area contributed by atoms with Crippen LogP contribution >= 0.6 is 0 Å². The summed E-state index contributed by atoms with van der Waals surface area (Å²) in [6.45, 7) is 0.554. The number of amides is 1. The number of nitrogens with one attached hydrogen (secondary N) is 1. The van der Waals surface area contributed by atoms with Crippen LogP contribution in [0.4, 0.5) is 11.5 Å². The van der Waals surface area contributed by atoms with Crippen molar-refractivity contribution < 1.29 is 14.5 Å². The van der Waals surface area contributed by atoms with Gasteiger partial charge in [-0.1, -0.05) is 0 Å². The van der Waals surface area contributed by atoms with E-state index >= 15 is 0 Å². The number of aryl methyl sites for hydroxylation is 1. The van der Waals surface area contributed by atoms with E-state index in [0.29, 0.717) is 12.4 Å². The van der Waals surface area contributed by atoms with E-state index in [0.717, 1.165) is 0 Å². The maximum Gasteiger partial charge on any atom is 0.389 e. The molecule has 0 aliphatic carbocycles. The van der Waals surface area contributed by atoms with Gasteiger partial charge >= 0.3 is 5.82 Å². The molecule has 1 amide bonds. The molecule has 0 saturated heterocycles. The van der Waals surface area contributed by atoms with Crippen molar-refractivity contribution in [1.82, 2.24) is 19.6 Å². The van der Waals surface area contributed by atoms with Crippen LogP contribution in [0.5, 0.6) is 0 Å². The van der Waals surface area contributed by atoms with Crippen LogP contribution in [0.1, 0.15) is 6.42 Å². The third kappa shape index (κ3) is 4.11. The topological polar surface area (TPSA) is 117 Å². The van der Waals surface area contributed by atoms with E-state index < -0.39 is 4.92 Å². The van der Waals surface area contributed by atoms with Crippen molar-refractivity contribution in [2.45, 2.75) is 19.7 Å². The first-order valence-electron chi connectivity index (χ1n) is 6.07. The predicted molar refractivity (Wildman–Crippen MR) is 71.4 cm³/mol. The van der Waals surface area contributed by atoms with Crippen LogP contribution in [0.25, 0.3) is 0 Å². The summed E-state index contributed by atoms with van der Waals surface area (Å²) in [6.07, 6.45) is 4.76. The number of carbonyl (C=O) groups is 1. The third-order valence-electron chi connectivity index (χ3n) is 2.56. The summed E-state index contributed by atoms with van der Waals surface area (Å²) in [5, 5.41) is 20.9. The molecule has 0 aliphatic heterocycles. The van der Waals surface area contributed by atoms with Crippen molar-refractivity contribution in [2.24, 2.45) is 0 Å². The molecule has 10 nitrogen and oxygen atoms in total. The van der Waals surface area contributed by atoms with Crippen molar-refractivity contribution in [1.29, 1.82) is 0 Å². The quantitative estimate of drug-likeness (QED) is 0.591. The highest BCUT2D eigenvalue weighted by molar-refractivity contribution is 5.90. The van der Waals surface area contributed by atoms with Crippen LogP contribution in [-0.2, 0) is 22.8 Å². The Morgan fingerprint density at radius 3 is 3.00 bits per heavy atom. The minimum atomic E-state index is -0.583. The first-order valence-corrected chi connectivity index (χ1v) is 6.07. The Kier molecular flexibility index (Phi) is 4.61. The van der Waals surface area contributed by atoms with Gasteiger partial charge in [0, 0.05) is 13.5 Å². The number of hydrogen-bond donors (Lipinski definition) is 1. The minimum absolute atomic E-state index is 0.147. The molecular formula is C11H14N6O4. The van der Waals surface area contributed by atoms with E-state index in [1.54, 1.807) is 13.3 Å². The smallest absolute Gasteiger partial charge is 0.362 e. The van der Waals surface area contributed by atoms with Crippen molar-refractivity contribution in [3.63, 3.8) is 0 Å². The van der Waals surface area contributed by atoms with Gasteiger partial charge in [0.1, 0.15) is 6.73 Å². The Morgan fingerprint density at radius 1 is 1.52 bits per heavy atom. The Balaban J connectivity index is 1.82. The van der Waals surface area contributed by atoms with Gasteiger partial charge in [-0.05, 0) is 4.92 Å². The molecule has 0 aromatic carbocycles. The zero-order valence-corrected chi connectivity index (χ0v) is 11.3. The third-order valence-corrected chi connectivity index (χ3v) is 2.56. The molecule has 0 saturated carbocycles. The second-order valence-corrected chi connectivity index (χ2v) is 4.18. The number of nitro groups is 1. The fourth-order valence-electron chi connectivity index (χ4n) is 1.64. The van der Waals surface area contributed by atoms with Gasteiger partial charge in [0.05, 0.1) is 42.0 Å². The number of ether oxygens (including phenoxy) is 1. The molecule has 0 spiro atoms. The predicted octanol–water partition coefficient (Wildman–Crippen LogP) is 0.620. The molecule has 2 aromatic rings. The molecular weight excluding hydrogens is 280 g/mol. The zero-order chi connectivity index (χ0) is 15.2. The number of carbonyl (C=O) groups excluding carboxylic acids is 1. The second kappa shape index (κ2) is 6.61. The van der Waals surface area contributed by atoms with E-state index in [1.165, 1.54) is 27.8 Å². The van der Waals surface area contributed by atoms with Crippen LogP contribution in [-0.4, -0.2) is 37.5 Å². The average molecular weight is 294 g/mol. The van der Waals surface area contributed by atoms with E-state index in [1.807, 2.05) is 0 Å². The van der Waals surface area contributed by atoms with E-state index in [-0.39, 0.29) is 24.7 Å². The largest absolute Gasteiger partial charge is 0.389 e. The summed E-state index contributed by atoms with van der Waals surface area (Å²) < 4.78 is 7.78. The van der Waals surface area contributed by atoms with Crippen LogP contribution in [0.15, 0.2) is 24.7 Å². The first-order chi connectivity index (χ1) is 10.1. The lowest BCUT2D eigenvalue weighted by molar-refractivity contribution is -0.389. The lowest BCUT2D eigenvalue weighted by Gasteiger charge is -2.01. The van der Waals surface area contributed by atoms with E-state index in [2.05, 4.69) is 15.5 Å². The lowest BCUT2D eigenvalue weighted by atomic mass is 10.4. The normalized spacial score (nSPS) is 10.5. The van der Waals surface area contributed by atoms with Gasteiger partial charge in [0.2, 0.25) is 5.91 Å². The van der Waals surface area contributed by atoms with Gasteiger partial charge < -0.3 is 20.2 Å². The molecule has 112 valence electrons. The molecule has 2 rings (SSSR count). The summed E-state index contributed by atoms with van der Waals surface area (Å²) in [6, 6.07) is 1.28. The highest BCUT2D eigenvalue weighted by Crippen LogP contribution is 2.08. The first kappa shape index (κ1) is 14.7. The minimum Gasteiger partial charge on any atom is -0.362 e. The van der Waals surface area contributed by atoms with Gasteiger partial charge in [0.15, 0.2) is 0 Å². The molecule has 0 fully saturated rings. The van der Waals surface area contributed by atoms with Gasteiger partial charge in [-0.15, -0.1) is 0 Å². The molecule has 21 heavy (non-hydrogen) atoms. The van der Waals surface area contributed by atoms with Gasteiger partial charge in [-0.2, -0.15) is 9.78 Å². The Morgan fingerprint density at radius 2 is 2.33 bits per heavy atom. The number of aromatic nitrogens is 4. The van der Waals surface area contributed by atoms with Crippen molar-refractivity contribution in [3.8, 4) is 0 Å². The molecule has 1 N–H and O–H groups in total. The molecule has 0 atom stereocenters. The van der Waals surface area contributed by atoms with Crippen LogP contribution in [0.2, 0.25) is 0 Å². The average Bonchev–Trinajstić information content (AvgIpc) is 3.06. The zero-order valence-electron chi connectivity index (χ0n) is 11.3. The fraction of sp³-hybridized carbons (Fsp3) is 0.364. The monoisotopic (exact) mass is 294 g/mol. The maximum atomic E-state index is 11.7. The Labute approximate surface area is 119 Å². The molecule has 10 heteroatoms. The number of nitrogens with zero attached hydrogens (tertiary/aromatic N) is 5.